The third-order valence-corrected chi connectivity index (χ3v) is 16.4. The first-order valence-electron chi connectivity index (χ1n) is 25.4. The molecule has 2 aromatic heterocycles. The van der Waals surface area contributed by atoms with E-state index in [-0.39, 0.29) is 13.4 Å². The summed E-state index contributed by atoms with van der Waals surface area (Å²) in [5, 5.41) is 5.06. The minimum Gasteiger partial charge on any atom is -0.311 e. The Hall–Kier alpha value is -9.45. The van der Waals surface area contributed by atoms with Crippen LogP contribution in [0.25, 0.3) is 38.1 Å². The molecule has 336 valence electrons. The van der Waals surface area contributed by atoms with E-state index in [4.69, 9.17) is 0 Å². The maximum Gasteiger partial charge on any atom is 0.252 e. The highest BCUT2D eigenvalue weighted by Crippen LogP contribution is 2.51. The Bertz CT molecular complexity index is 4430. The smallest absolute Gasteiger partial charge is 0.252 e. The summed E-state index contributed by atoms with van der Waals surface area (Å²) in [6, 6.07) is 92.7. The van der Waals surface area contributed by atoms with E-state index in [1.807, 2.05) is 0 Å². The minimum absolute atomic E-state index is 0.00231. The zero-order valence-corrected chi connectivity index (χ0v) is 39.6. The average molecular weight is 926 g/mol. The number of fused-ring (bicyclic) bond motifs is 15. The Morgan fingerprint density at radius 2 is 0.644 bits per heavy atom. The van der Waals surface area contributed by atoms with Gasteiger partial charge in [0.1, 0.15) is 0 Å². The normalized spacial score (nSPS) is 13.9. The van der Waals surface area contributed by atoms with Gasteiger partial charge < -0.3 is 24.0 Å². The van der Waals surface area contributed by atoms with Gasteiger partial charge in [-0.15, -0.1) is 0 Å². The third-order valence-electron chi connectivity index (χ3n) is 16.4. The molecule has 0 bridgehead atoms. The van der Waals surface area contributed by atoms with E-state index in [9.17, 15) is 0 Å². The fourth-order valence-electron chi connectivity index (χ4n) is 13.7. The number of anilines is 12. The number of para-hydroxylation sites is 7. The molecule has 17 rings (SSSR count). The van der Waals surface area contributed by atoms with Crippen LogP contribution in [-0.2, 0) is 0 Å². The summed E-state index contributed by atoms with van der Waals surface area (Å²) in [7, 11) is 0. The molecule has 0 spiro atoms. The lowest BCUT2D eigenvalue weighted by molar-refractivity contribution is 1.24. The molecule has 0 saturated heterocycles. The summed E-state index contributed by atoms with van der Waals surface area (Å²) in [6.07, 6.45) is 0. The Kier molecular flexibility index (Phi) is 7.84. The van der Waals surface area contributed by atoms with Crippen molar-refractivity contribution in [3.8, 4) is 0 Å². The molecular formula is C66H41B2N5. The lowest BCUT2D eigenvalue weighted by Gasteiger charge is -2.44. The van der Waals surface area contributed by atoms with Gasteiger partial charge in [-0.2, -0.15) is 0 Å². The van der Waals surface area contributed by atoms with Gasteiger partial charge in [0.15, 0.2) is 0 Å². The fraction of sp³-hybridized carbons (Fsp3) is 0. The molecule has 11 aromatic carbocycles. The second-order valence-electron chi connectivity index (χ2n) is 20.0. The Labute approximate surface area is 423 Å². The monoisotopic (exact) mass is 925 g/mol. The minimum atomic E-state index is -0.00231. The SMILES string of the molecule is c1ccc(N2c3ccccc3B3c4cc5c6cccc7c8ccc9c(c8n(c5cc4N(c4ccccc4)c4cccc2c43)c67)N(c2ccccc2)c2cccc3c2B9c2ccccc2N3c2ccccc2)cc1. The standard InChI is InChI=1S/C66H41B2N5/c1-5-20-42(21-6-1)69-54-32-15-13-30-50(54)67-52-39-38-48-46-28-17-29-47-49-40-53-61(41-60(49)73(64(46)47)65(48)66(52)72(45-26-11-4-12-27-45)59-37-19-35-57(69)63(59)67)71(44-24-9-3-10-25-44)58-36-18-34-56-62(58)68(53)51-31-14-16-33-55(51)70(56)43-22-7-2-8-23-43/h1-41H. The van der Waals surface area contributed by atoms with Crippen LogP contribution in [0.4, 0.5) is 68.2 Å². The predicted molar refractivity (Wildman–Crippen MR) is 309 cm³/mol. The van der Waals surface area contributed by atoms with Crippen LogP contribution in [0.1, 0.15) is 0 Å². The predicted octanol–water partition coefficient (Wildman–Crippen LogP) is 13.0. The maximum atomic E-state index is 2.64. The van der Waals surface area contributed by atoms with Crippen LogP contribution in [0.3, 0.4) is 0 Å². The van der Waals surface area contributed by atoms with Crippen LogP contribution in [0.2, 0.25) is 0 Å². The van der Waals surface area contributed by atoms with Gasteiger partial charge in [0.05, 0.1) is 22.2 Å². The van der Waals surface area contributed by atoms with Crippen molar-refractivity contribution >= 4 is 153 Å². The van der Waals surface area contributed by atoms with Gasteiger partial charge in [-0.25, -0.2) is 0 Å². The Balaban J connectivity index is 0.991. The van der Waals surface area contributed by atoms with Crippen LogP contribution in [0.5, 0.6) is 0 Å². The highest BCUT2D eigenvalue weighted by molar-refractivity contribution is 7.01. The third kappa shape index (κ3) is 5.12. The second kappa shape index (κ2) is 14.6. The maximum absolute atomic E-state index is 2.64. The first-order chi connectivity index (χ1) is 36.3. The molecule has 0 unspecified atom stereocenters. The summed E-state index contributed by atoms with van der Waals surface area (Å²) in [5.41, 5.74) is 25.9. The van der Waals surface area contributed by atoms with Gasteiger partial charge in [-0.1, -0.05) is 158 Å². The molecule has 13 aromatic rings. The summed E-state index contributed by atoms with van der Waals surface area (Å²) < 4.78 is 2.64. The molecule has 0 amide bonds. The van der Waals surface area contributed by atoms with Crippen molar-refractivity contribution in [2.75, 3.05) is 19.6 Å². The van der Waals surface area contributed by atoms with E-state index >= 15 is 0 Å². The zero-order chi connectivity index (χ0) is 47.5. The lowest BCUT2D eigenvalue weighted by atomic mass is 9.33. The molecule has 0 radical (unpaired) electrons. The summed E-state index contributed by atoms with van der Waals surface area (Å²) in [4.78, 5) is 10.1. The molecule has 5 nitrogen and oxygen atoms in total. The molecule has 6 heterocycles. The Morgan fingerprint density at radius 1 is 0.247 bits per heavy atom. The van der Waals surface area contributed by atoms with Gasteiger partial charge in [0, 0.05) is 84.1 Å². The molecule has 0 saturated carbocycles. The van der Waals surface area contributed by atoms with Crippen molar-refractivity contribution in [2.24, 2.45) is 0 Å². The van der Waals surface area contributed by atoms with Crippen LogP contribution in [0, 0.1) is 0 Å². The zero-order valence-electron chi connectivity index (χ0n) is 39.6. The van der Waals surface area contributed by atoms with Gasteiger partial charge >= 0.3 is 0 Å². The molecule has 73 heavy (non-hydrogen) atoms. The molecule has 7 heteroatoms. The van der Waals surface area contributed by atoms with Crippen molar-refractivity contribution in [2.45, 2.75) is 0 Å². The van der Waals surface area contributed by atoms with Crippen LogP contribution >= 0.6 is 0 Å². The quantitative estimate of drug-likeness (QED) is 0.164. The number of rotatable bonds is 4. The molecule has 4 aliphatic heterocycles. The van der Waals surface area contributed by atoms with Gasteiger partial charge in [-0.05, 0) is 124 Å². The molecule has 0 N–H and O–H groups in total. The summed E-state index contributed by atoms with van der Waals surface area (Å²) >= 11 is 0. The lowest BCUT2D eigenvalue weighted by Crippen LogP contribution is -2.61. The molecule has 4 aliphatic rings. The summed E-state index contributed by atoms with van der Waals surface area (Å²) in [6.45, 7) is 0.00453. The molecular weight excluding hydrogens is 884 g/mol. The number of nitrogens with zero attached hydrogens (tertiary/aromatic N) is 5. The van der Waals surface area contributed by atoms with E-state index in [1.165, 1.54) is 116 Å². The second-order valence-corrected chi connectivity index (χ2v) is 20.0. The van der Waals surface area contributed by atoms with Crippen molar-refractivity contribution < 1.29 is 0 Å². The molecule has 0 aliphatic carbocycles. The Morgan fingerprint density at radius 3 is 1.18 bits per heavy atom. The highest BCUT2D eigenvalue weighted by atomic mass is 15.2. The van der Waals surface area contributed by atoms with Crippen molar-refractivity contribution in [1.82, 2.24) is 4.40 Å². The van der Waals surface area contributed by atoms with Gasteiger partial charge in [-0.3, -0.25) is 0 Å². The fourth-order valence-corrected chi connectivity index (χ4v) is 13.7. The van der Waals surface area contributed by atoms with Crippen molar-refractivity contribution in [3.05, 3.63) is 249 Å². The molecule has 0 atom stereocenters. The first kappa shape index (κ1) is 39.3. The number of hydrogen-bond donors (Lipinski definition) is 0. The first-order valence-corrected chi connectivity index (χ1v) is 25.4. The summed E-state index contributed by atoms with van der Waals surface area (Å²) in [5.74, 6) is 0. The van der Waals surface area contributed by atoms with E-state index in [2.05, 4.69) is 273 Å². The van der Waals surface area contributed by atoms with E-state index in [1.54, 1.807) is 0 Å². The van der Waals surface area contributed by atoms with Crippen molar-refractivity contribution in [1.29, 1.82) is 0 Å². The van der Waals surface area contributed by atoms with Crippen molar-refractivity contribution in [3.63, 3.8) is 0 Å². The van der Waals surface area contributed by atoms with E-state index in [0.717, 1.165) is 22.7 Å². The van der Waals surface area contributed by atoms with E-state index < -0.39 is 0 Å². The number of benzene rings is 11. The number of aromatic nitrogens is 1. The van der Waals surface area contributed by atoms with Crippen LogP contribution in [0.15, 0.2) is 249 Å². The van der Waals surface area contributed by atoms with Gasteiger partial charge in [0.2, 0.25) is 0 Å². The highest BCUT2D eigenvalue weighted by Gasteiger charge is 2.46. The van der Waals surface area contributed by atoms with Crippen LogP contribution in [-0.4, -0.2) is 17.8 Å². The average Bonchev–Trinajstić information content (AvgIpc) is 3.97. The largest absolute Gasteiger partial charge is 0.311 e. The van der Waals surface area contributed by atoms with E-state index in [0.29, 0.717) is 0 Å². The number of hydrogen-bond acceptors (Lipinski definition) is 4. The topological polar surface area (TPSA) is 17.4 Å². The molecule has 0 fully saturated rings. The van der Waals surface area contributed by atoms with Crippen LogP contribution < -0.4 is 52.4 Å². The van der Waals surface area contributed by atoms with Gasteiger partial charge in [0.25, 0.3) is 13.4 Å².